The highest BCUT2D eigenvalue weighted by atomic mass is 16.5. The molecule has 1 unspecified atom stereocenters. The molecule has 0 radical (unpaired) electrons. The fourth-order valence-corrected chi connectivity index (χ4v) is 1.91. The van der Waals surface area contributed by atoms with Crippen molar-refractivity contribution < 1.29 is 19.2 Å². The molecule has 1 amide bonds. The van der Waals surface area contributed by atoms with Gasteiger partial charge in [-0.1, -0.05) is 17.3 Å². The second-order valence-corrected chi connectivity index (χ2v) is 5.28. The van der Waals surface area contributed by atoms with Gasteiger partial charge in [-0.3, -0.25) is 4.79 Å². The first-order chi connectivity index (χ1) is 10.5. The van der Waals surface area contributed by atoms with Gasteiger partial charge in [0.05, 0.1) is 12.2 Å². The van der Waals surface area contributed by atoms with Crippen molar-refractivity contribution in [2.75, 3.05) is 6.54 Å². The Morgan fingerprint density at radius 2 is 2.05 bits per heavy atom. The summed E-state index contributed by atoms with van der Waals surface area (Å²) >= 11 is 0. The van der Waals surface area contributed by atoms with Gasteiger partial charge in [0.25, 0.3) is 5.91 Å². The summed E-state index contributed by atoms with van der Waals surface area (Å²) in [6, 6.07) is 8.67. The van der Waals surface area contributed by atoms with Crippen LogP contribution in [0, 0.1) is 6.92 Å². The molecule has 0 aliphatic heterocycles. The zero-order chi connectivity index (χ0) is 16.1. The van der Waals surface area contributed by atoms with E-state index in [0.717, 1.165) is 5.75 Å². The van der Waals surface area contributed by atoms with Crippen molar-refractivity contribution in [3.63, 3.8) is 0 Å². The molecule has 6 heteroatoms. The molecule has 118 valence electrons. The second kappa shape index (κ2) is 7.09. The maximum Gasteiger partial charge on any atom is 0.273 e. The topological polar surface area (TPSA) is 84.6 Å². The Hall–Kier alpha value is -2.34. The monoisotopic (exact) mass is 304 g/mol. The van der Waals surface area contributed by atoms with E-state index in [1.54, 1.807) is 37.3 Å². The van der Waals surface area contributed by atoms with Gasteiger partial charge in [0.1, 0.15) is 11.5 Å². The number of aromatic nitrogens is 1. The number of aliphatic hydroxyl groups excluding tert-OH is 1. The third-order valence-electron chi connectivity index (χ3n) is 2.95. The fourth-order valence-electron chi connectivity index (χ4n) is 1.91. The smallest absolute Gasteiger partial charge is 0.273 e. The molecule has 6 nitrogen and oxygen atoms in total. The minimum absolute atomic E-state index is 0.0924. The van der Waals surface area contributed by atoms with Crippen LogP contribution in [0.4, 0.5) is 0 Å². The molecular weight excluding hydrogens is 284 g/mol. The van der Waals surface area contributed by atoms with Crippen LogP contribution in [0.1, 0.15) is 41.8 Å². The first-order valence-corrected chi connectivity index (χ1v) is 7.12. The SMILES string of the molecule is Cc1cc(C(=O)NCC(O)c2ccc(OC(C)C)cc2)no1. The highest BCUT2D eigenvalue weighted by Gasteiger charge is 2.14. The van der Waals surface area contributed by atoms with E-state index in [-0.39, 0.29) is 24.2 Å². The summed E-state index contributed by atoms with van der Waals surface area (Å²) in [4.78, 5) is 11.8. The molecule has 1 aromatic heterocycles. The summed E-state index contributed by atoms with van der Waals surface area (Å²) in [6.07, 6.45) is -0.703. The molecule has 2 N–H and O–H groups in total. The number of amides is 1. The summed E-state index contributed by atoms with van der Waals surface area (Å²) in [7, 11) is 0. The molecule has 1 atom stereocenters. The molecule has 1 heterocycles. The lowest BCUT2D eigenvalue weighted by Crippen LogP contribution is -2.28. The number of hydrogen-bond donors (Lipinski definition) is 2. The van der Waals surface area contributed by atoms with Crippen molar-refractivity contribution >= 4 is 5.91 Å². The van der Waals surface area contributed by atoms with Crippen molar-refractivity contribution in [3.8, 4) is 5.75 Å². The number of nitrogens with one attached hydrogen (secondary N) is 1. The Balaban J connectivity index is 1.89. The van der Waals surface area contributed by atoms with E-state index in [0.29, 0.717) is 11.3 Å². The van der Waals surface area contributed by atoms with Gasteiger partial charge < -0.3 is 19.7 Å². The highest BCUT2D eigenvalue weighted by molar-refractivity contribution is 5.92. The van der Waals surface area contributed by atoms with Gasteiger partial charge >= 0.3 is 0 Å². The van der Waals surface area contributed by atoms with Crippen LogP contribution in [0.5, 0.6) is 5.75 Å². The lowest BCUT2D eigenvalue weighted by Gasteiger charge is -2.13. The van der Waals surface area contributed by atoms with Gasteiger partial charge in [0, 0.05) is 12.6 Å². The van der Waals surface area contributed by atoms with E-state index in [9.17, 15) is 9.90 Å². The zero-order valence-electron chi connectivity index (χ0n) is 12.9. The van der Waals surface area contributed by atoms with Crippen LogP contribution in [0.2, 0.25) is 0 Å². The second-order valence-electron chi connectivity index (χ2n) is 5.28. The Kier molecular flexibility index (Phi) is 5.16. The molecule has 2 aromatic rings. The largest absolute Gasteiger partial charge is 0.491 e. The van der Waals surface area contributed by atoms with E-state index in [1.165, 1.54) is 0 Å². The van der Waals surface area contributed by atoms with E-state index in [1.807, 2.05) is 13.8 Å². The molecule has 0 aliphatic carbocycles. The lowest BCUT2D eigenvalue weighted by atomic mass is 10.1. The first kappa shape index (κ1) is 16.0. The van der Waals surface area contributed by atoms with E-state index in [4.69, 9.17) is 9.26 Å². The predicted octanol–water partition coefficient (Wildman–Crippen LogP) is 2.23. The summed E-state index contributed by atoms with van der Waals surface area (Å²) in [5, 5.41) is 16.3. The van der Waals surface area contributed by atoms with Crippen LogP contribution >= 0.6 is 0 Å². The van der Waals surface area contributed by atoms with Gasteiger partial charge in [-0.25, -0.2) is 0 Å². The van der Waals surface area contributed by atoms with Crippen molar-refractivity contribution in [3.05, 3.63) is 47.3 Å². The quantitative estimate of drug-likeness (QED) is 0.855. The number of ether oxygens (including phenoxy) is 1. The number of carbonyl (C=O) groups is 1. The predicted molar refractivity (Wildman–Crippen MR) is 80.7 cm³/mol. The van der Waals surface area contributed by atoms with Crippen LogP contribution < -0.4 is 10.1 Å². The molecule has 0 saturated heterocycles. The van der Waals surface area contributed by atoms with Crippen LogP contribution in [0.15, 0.2) is 34.9 Å². The maximum atomic E-state index is 11.8. The Labute approximate surface area is 129 Å². The zero-order valence-corrected chi connectivity index (χ0v) is 12.9. The first-order valence-electron chi connectivity index (χ1n) is 7.12. The van der Waals surface area contributed by atoms with E-state index in [2.05, 4.69) is 10.5 Å². The molecule has 22 heavy (non-hydrogen) atoms. The Morgan fingerprint density at radius 1 is 1.36 bits per heavy atom. The standard InChI is InChI=1S/C16H20N2O4/c1-10(2)21-13-6-4-12(5-7-13)15(19)9-17-16(20)14-8-11(3)22-18-14/h4-8,10,15,19H,9H2,1-3H3,(H,17,20). The number of benzene rings is 1. The number of rotatable bonds is 6. The number of aryl methyl sites for hydroxylation is 1. The van der Waals surface area contributed by atoms with Crippen molar-refractivity contribution in [2.24, 2.45) is 0 Å². The maximum absolute atomic E-state index is 11.8. The fraction of sp³-hybridized carbons (Fsp3) is 0.375. The molecule has 0 fully saturated rings. The number of carbonyl (C=O) groups excluding carboxylic acids is 1. The molecular formula is C16H20N2O4. The molecule has 0 aliphatic rings. The minimum Gasteiger partial charge on any atom is -0.491 e. The van der Waals surface area contributed by atoms with Gasteiger partial charge in [-0.2, -0.15) is 0 Å². The Bertz CT molecular complexity index is 619. The molecule has 0 saturated carbocycles. The van der Waals surface area contributed by atoms with Gasteiger partial charge in [-0.05, 0) is 38.5 Å². The normalized spacial score (nSPS) is 12.2. The van der Waals surface area contributed by atoms with Gasteiger partial charge in [0.15, 0.2) is 5.69 Å². The third kappa shape index (κ3) is 4.33. The lowest BCUT2D eigenvalue weighted by molar-refractivity contribution is 0.0907. The summed E-state index contributed by atoms with van der Waals surface area (Å²) in [5.74, 6) is 0.926. The van der Waals surface area contributed by atoms with Crippen LogP contribution in [-0.2, 0) is 0 Å². The van der Waals surface area contributed by atoms with Gasteiger partial charge in [-0.15, -0.1) is 0 Å². The molecule has 2 rings (SSSR count). The Morgan fingerprint density at radius 3 is 2.59 bits per heavy atom. The average Bonchev–Trinajstić information content (AvgIpc) is 2.91. The van der Waals surface area contributed by atoms with Gasteiger partial charge in [0.2, 0.25) is 0 Å². The van der Waals surface area contributed by atoms with Crippen LogP contribution in [0.25, 0.3) is 0 Å². The van der Waals surface area contributed by atoms with E-state index < -0.39 is 6.10 Å². The van der Waals surface area contributed by atoms with E-state index >= 15 is 0 Å². The van der Waals surface area contributed by atoms with Crippen molar-refractivity contribution in [1.82, 2.24) is 10.5 Å². The molecule has 0 bridgehead atoms. The number of nitrogens with zero attached hydrogens (tertiary/aromatic N) is 1. The third-order valence-corrected chi connectivity index (χ3v) is 2.95. The molecule has 1 aromatic carbocycles. The minimum atomic E-state index is -0.801. The van der Waals surface area contributed by atoms with Crippen LogP contribution in [-0.4, -0.2) is 28.8 Å². The summed E-state index contributed by atoms with van der Waals surface area (Å²) in [5.41, 5.74) is 0.901. The number of hydrogen-bond acceptors (Lipinski definition) is 5. The summed E-state index contributed by atoms with van der Waals surface area (Å²) in [6.45, 7) is 5.70. The van der Waals surface area contributed by atoms with Crippen molar-refractivity contribution in [2.45, 2.75) is 33.0 Å². The van der Waals surface area contributed by atoms with Crippen LogP contribution in [0.3, 0.4) is 0 Å². The number of aliphatic hydroxyl groups is 1. The highest BCUT2D eigenvalue weighted by Crippen LogP contribution is 2.18. The average molecular weight is 304 g/mol. The van der Waals surface area contributed by atoms with Crippen molar-refractivity contribution in [1.29, 1.82) is 0 Å². The summed E-state index contributed by atoms with van der Waals surface area (Å²) < 4.78 is 10.4. The molecule has 0 spiro atoms.